The van der Waals surface area contributed by atoms with E-state index in [-0.39, 0.29) is 5.91 Å². The summed E-state index contributed by atoms with van der Waals surface area (Å²) in [6.07, 6.45) is 4.63. The van der Waals surface area contributed by atoms with Gasteiger partial charge in [0.15, 0.2) is 0 Å². The lowest BCUT2D eigenvalue weighted by Crippen LogP contribution is -2.21. The van der Waals surface area contributed by atoms with Crippen molar-refractivity contribution in [3.63, 3.8) is 0 Å². The molecule has 0 amide bonds. The summed E-state index contributed by atoms with van der Waals surface area (Å²) in [5, 5.41) is 0. The zero-order chi connectivity index (χ0) is 12.3. The Bertz CT molecular complexity index is 316. The van der Waals surface area contributed by atoms with Crippen LogP contribution in [0.5, 0.6) is 0 Å². The number of aliphatic imine (C=N–C) groups is 1. The SMILES string of the molecule is COC(OC)[Si]CCCN=Cc1ccccn1. The zero-order valence-corrected chi connectivity index (χ0v) is 11.3. The molecule has 4 nitrogen and oxygen atoms in total. The summed E-state index contributed by atoms with van der Waals surface area (Å²) < 4.78 is 10.2. The van der Waals surface area contributed by atoms with Gasteiger partial charge in [0.2, 0.25) is 0 Å². The van der Waals surface area contributed by atoms with Gasteiger partial charge >= 0.3 is 0 Å². The normalized spacial score (nSPS) is 11.5. The van der Waals surface area contributed by atoms with E-state index < -0.39 is 0 Å². The van der Waals surface area contributed by atoms with Gasteiger partial charge in [-0.1, -0.05) is 12.1 Å². The molecule has 0 fully saturated rings. The molecule has 2 radical (unpaired) electrons. The van der Waals surface area contributed by atoms with Crippen LogP contribution in [0.2, 0.25) is 6.04 Å². The Kier molecular flexibility index (Phi) is 7.45. The number of nitrogens with zero attached hydrogens (tertiary/aromatic N) is 2. The van der Waals surface area contributed by atoms with Crippen LogP contribution >= 0.6 is 0 Å². The number of methoxy groups -OCH3 is 2. The van der Waals surface area contributed by atoms with Crippen LogP contribution in [0.15, 0.2) is 29.4 Å². The first kappa shape index (κ1) is 14.0. The molecule has 0 saturated heterocycles. The van der Waals surface area contributed by atoms with Crippen LogP contribution in [0.1, 0.15) is 12.1 Å². The van der Waals surface area contributed by atoms with Gasteiger partial charge in [-0.05, 0) is 18.6 Å². The van der Waals surface area contributed by atoms with Crippen LogP contribution in [-0.4, -0.2) is 47.4 Å². The lowest BCUT2D eigenvalue weighted by atomic mass is 10.4. The lowest BCUT2D eigenvalue weighted by molar-refractivity contribution is -0.0441. The van der Waals surface area contributed by atoms with Crippen LogP contribution in [0, 0.1) is 0 Å². The first-order valence-corrected chi connectivity index (χ1v) is 6.85. The van der Waals surface area contributed by atoms with Gasteiger partial charge in [-0.2, -0.15) is 0 Å². The molecule has 0 aliphatic heterocycles. The molecule has 0 N–H and O–H groups in total. The highest BCUT2D eigenvalue weighted by Crippen LogP contribution is 1.97. The summed E-state index contributed by atoms with van der Waals surface area (Å²) in [7, 11) is 4.00. The summed E-state index contributed by atoms with van der Waals surface area (Å²) in [6.45, 7) is 0.823. The smallest absolute Gasteiger partial charge is 0.136 e. The summed E-state index contributed by atoms with van der Waals surface area (Å²) >= 11 is 0. The van der Waals surface area contributed by atoms with Gasteiger partial charge in [0.25, 0.3) is 0 Å². The Morgan fingerprint density at radius 2 is 2.24 bits per heavy atom. The number of hydrogen-bond donors (Lipinski definition) is 0. The number of aromatic nitrogens is 1. The molecule has 0 unspecified atom stereocenters. The van der Waals surface area contributed by atoms with Crippen molar-refractivity contribution in [2.24, 2.45) is 4.99 Å². The van der Waals surface area contributed by atoms with Crippen LogP contribution < -0.4 is 0 Å². The highest BCUT2D eigenvalue weighted by Gasteiger charge is 2.04. The van der Waals surface area contributed by atoms with Gasteiger partial charge in [0.05, 0.1) is 5.69 Å². The molecular formula is C12H18N2O2Si. The van der Waals surface area contributed by atoms with Crippen LogP contribution in [-0.2, 0) is 9.47 Å². The highest BCUT2D eigenvalue weighted by atomic mass is 28.2. The number of pyridine rings is 1. The maximum Gasteiger partial charge on any atom is 0.136 e. The van der Waals surface area contributed by atoms with Crippen molar-refractivity contribution in [3.05, 3.63) is 30.1 Å². The van der Waals surface area contributed by atoms with Crippen molar-refractivity contribution in [1.29, 1.82) is 0 Å². The Hall–Kier alpha value is -1.04. The van der Waals surface area contributed by atoms with Crippen molar-refractivity contribution < 1.29 is 9.47 Å². The number of ether oxygens (including phenoxy) is 2. The van der Waals surface area contributed by atoms with E-state index in [1.165, 1.54) is 0 Å². The summed E-state index contributed by atoms with van der Waals surface area (Å²) in [5.41, 5.74) is 0.904. The maximum atomic E-state index is 5.12. The quantitative estimate of drug-likeness (QED) is 0.304. The molecule has 1 aromatic heterocycles. The molecule has 0 spiro atoms. The fraction of sp³-hybridized carbons (Fsp3) is 0.500. The van der Waals surface area contributed by atoms with Gasteiger partial charge < -0.3 is 9.47 Å². The van der Waals surface area contributed by atoms with Gasteiger partial charge in [-0.15, -0.1) is 0 Å². The second kappa shape index (κ2) is 9.04. The van der Waals surface area contributed by atoms with Gasteiger partial charge in [-0.25, -0.2) is 0 Å². The number of rotatable bonds is 8. The van der Waals surface area contributed by atoms with E-state index in [4.69, 9.17) is 9.47 Å². The third-order valence-corrected chi connectivity index (χ3v) is 3.56. The molecule has 17 heavy (non-hydrogen) atoms. The van der Waals surface area contributed by atoms with Gasteiger partial charge in [-0.3, -0.25) is 9.98 Å². The molecule has 1 heterocycles. The predicted molar refractivity (Wildman–Crippen MR) is 69.7 cm³/mol. The van der Waals surface area contributed by atoms with E-state index in [2.05, 4.69) is 9.98 Å². The summed E-state index contributed by atoms with van der Waals surface area (Å²) in [5.74, 6) is -0.0604. The van der Waals surface area contributed by atoms with E-state index in [0.29, 0.717) is 9.52 Å². The second-order valence-corrected chi connectivity index (χ2v) is 4.78. The first-order chi connectivity index (χ1) is 8.36. The van der Waals surface area contributed by atoms with Crippen molar-refractivity contribution in [3.8, 4) is 0 Å². The van der Waals surface area contributed by atoms with Crippen molar-refractivity contribution in [2.45, 2.75) is 18.4 Å². The minimum atomic E-state index is -0.0604. The average Bonchev–Trinajstić information content (AvgIpc) is 2.39. The Balaban J connectivity index is 2.10. The Morgan fingerprint density at radius 1 is 1.41 bits per heavy atom. The highest BCUT2D eigenvalue weighted by molar-refractivity contribution is 6.36. The molecule has 5 heteroatoms. The molecule has 1 rings (SSSR count). The molecule has 0 aliphatic carbocycles. The van der Waals surface area contributed by atoms with E-state index >= 15 is 0 Å². The van der Waals surface area contributed by atoms with Gasteiger partial charge in [0.1, 0.15) is 15.4 Å². The topological polar surface area (TPSA) is 43.7 Å². The molecule has 0 atom stereocenters. The fourth-order valence-electron chi connectivity index (χ4n) is 1.26. The number of hydrogen-bond acceptors (Lipinski definition) is 4. The van der Waals surface area contributed by atoms with Crippen molar-refractivity contribution in [2.75, 3.05) is 20.8 Å². The molecule has 0 bridgehead atoms. The minimum Gasteiger partial charge on any atom is -0.360 e. The Labute approximate surface area is 105 Å². The van der Waals surface area contributed by atoms with Gasteiger partial charge in [0, 0.05) is 33.2 Å². The predicted octanol–water partition coefficient (Wildman–Crippen LogP) is 1.59. The molecule has 0 saturated carbocycles. The minimum absolute atomic E-state index is 0.0604. The molecule has 0 aliphatic rings. The average molecular weight is 250 g/mol. The van der Waals surface area contributed by atoms with Crippen molar-refractivity contribution >= 4 is 15.7 Å². The van der Waals surface area contributed by atoms with Crippen LogP contribution in [0.3, 0.4) is 0 Å². The zero-order valence-electron chi connectivity index (χ0n) is 10.3. The van der Waals surface area contributed by atoms with Crippen LogP contribution in [0.4, 0.5) is 0 Å². The lowest BCUT2D eigenvalue weighted by Gasteiger charge is -2.11. The Morgan fingerprint density at radius 3 is 2.88 bits per heavy atom. The molecule has 0 aromatic carbocycles. The van der Waals surface area contributed by atoms with E-state index in [1.54, 1.807) is 20.4 Å². The summed E-state index contributed by atoms with van der Waals surface area (Å²) in [6, 6.07) is 6.87. The third kappa shape index (κ3) is 6.30. The van der Waals surface area contributed by atoms with E-state index in [9.17, 15) is 0 Å². The van der Waals surface area contributed by atoms with Crippen molar-refractivity contribution in [1.82, 2.24) is 4.98 Å². The van der Waals surface area contributed by atoms with E-state index in [1.807, 2.05) is 24.4 Å². The summed E-state index contributed by atoms with van der Waals surface area (Å²) in [4.78, 5) is 8.49. The fourth-order valence-corrected chi connectivity index (χ4v) is 2.19. The monoisotopic (exact) mass is 250 g/mol. The molecular weight excluding hydrogens is 232 g/mol. The van der Waals surface area contributed by atoms with E-state index in [0.717, 1.165) is 24.7 Å². The van der Waals surface area contributed by atoms with Crippen LogP contribution in [0.25, 0.3) is 0 Å². The first-order valence-electron chi connectivity index (χ1n) is 5.56. The second-order valence-electron chi connectivity index (χ2n) is 3.40. The third-order valence-electron chi connectivity index (χ3n) is 2.11. The largest absolute Gasteiger partial charge is 0.360 e. The maximum absolute atomic E-state index is 5.12. The standard InChI is InChI=1S/C12H18N2O2Si/c1-15-12(16-2)17-9-5-7-13-10-11-6-3-4-8-14-11/h3-4,6,8,10,12H,5,7,9H2,1-2H3. The molecule has 92 valence electrons. The molecule has 1 aromatic rings.